The molecular formula is C26H32Cl2N4O. The summed E-state index contributed by atoms with van der Waals surface area (Å²) in [4.78, 5) is 19.9. The van der Waals surface area contributed by atoms with Gasteiger partial charge in [0.25, 0.3) is 5.91 Å². The standard InChI is InChI=1S/C26H32Cl2N4O/c1-3-5-14-32(15-6-4-2)16-13-30-26(33)22-10-8-20(28)18-25(22)31-23-11-12-29-24-17-19(27)7-9-21(23)24/h7-12,17-18H,3-6,13-16H2,1-2H3,(H,29,31)(H,30,33). The van der Waals surface area contributed by atoms with E-state index >= 15 is 0 Å². The first kappa shape index (κ1) is 25.3. The van der Waals surface area contributed by atoms with Gasteiger partial charge >= 0.3 is 0 Å². The number of unbranched alkanes of at least 4 members (excludes halogenated alkanes) is 2. The minimum Gasteiger partial charge on any atom is -0.354 e. The van der Waals surface area contributed by atoms with E-state index < -0.39 is 0 Å². The fourth-order valence-corrected chi connectivity index (χ4v) is 4.05. The number of halogens is 2. The van der Waals surface area contributed by atoms with E-state index in [2.05, 4.69) is 34.4 Å². The van der Waals surface area contributed by atoms with Crippen molar-refractivity contribution in [3.05, 3.63) is 64.3 Å². The molecule has 0 aliphatic rings. The van der Waals surface area contributed by atoms with Crippen molar-refractivity contribution in [2.24, 2.45) is 0 Å². The molecule has 1 amide bonds. The number of nitrogens with zero attached hydrogens (tertiary/aromatic N) is 2. The van der Waals surface area contributed by atoms with Crippen LogP contribution in [0.25, 0.3) is 10.9 Å². The van der Waals surface area contributed by atoms with Crippen LogP contribution in [0.5, 0.6) is 0 Å². The summed E-state index contributed by atoms with van der Waals surface area (Å²) >= 11 is 12.4. The lowest BCUT2D eigenvalue weighted by Crippen LogP contribution is -2.36. The van der Waals surface area contributed by atoms with Crippen molar-refractivity contribution >= 4 is 51.4 Å². The van der Waals surface area contributed by atoms with E-state index in [1.54, 1.807) is 24.4 Å². The van der Waals surface area contributed by atoms with E-state index in [9.17, 15) is 4.79 Å². The SMILES string of the molecule is CCCCN(CCCC)CCNC(=O)c1ccc(Cl)cc1Nc1ccnc2cc(Cl)ccc12. The van der Waals surface area contributed by atoms with Gasteiger partial charge in [-0.15, -0.1) is 0 Å². The second kappa shape index (κ2) is 12.8. The highest BCUT2D eigenvalue weighted by Gasteiger charge is 2.14. The van der Waals surface area contributed by atoms with Crippen LogP contribution in [0.2, 0.25) is 10.0 Å². The van der Waals surface area contributed by atoms with E-state index in [4.69, 9.17) is 23.2 Å². The number of anilines is 2. The Bertz CT molecular complexity index is 1070. The summed E-state index contributed by atoms with van der Waals surface area (Å²) in [6.07, 6.45) is 6.41. The predicted molar refractivity (Wildman–Crippen MR) is 140 cm³/mol. The molecule has 5 nitrogen and oxygen atoms in total. The summed E-state index contributed by atoms with van der Waals surface area (Å²) in [5, 5.41) is 8.55. The molecule has 3 aromatic rings. The van der Waals surface area contributed by atoms with Crippen LogP contribution in [0.15, 0.2) is 48.7 Å². The maximum absolute atomic E-state index is 13.0. The van der Waals surface area contributed by atoms with E-state index in [0.29, 0.717) is 27.8 Å². The van der Waals surface area contributed by atoms with Crippen LogP contribution in [0.1, 0.15) is 49.9 Å². The zero-order valence-corrected chi connectivity index (χ0v) is 20.8. The molecular weight excluding hydrogens is 455 g/mol. The summed E-state index contributed by atoms with van der Waals surface area (Å²) in [5.41, 5.74) is 2.81. The first-order valence-electron chi connectivity index (χ1n) is 11.6. The smallest absolute Gasteiger partial charge is 0.253 e. The Labute approximate surface area is 206 Å². The highest BCUT2D eigenvalue weighted by Crippen LogP contribution is 2.30. The number of fused-ring (bicyclic) bond motifs is 1. The minimum atomic E-state index is -0.124. The number of carbonyl (C=O) groups is 1. The molecule has 0 atom stereocenters. The lowest BCUT2D eigenvalue weighted by Gasteiger charge is -2.22. The zero-order chi connectivity index (χ0) is 23.6. The van der Waals surface area contributed by atoms with E-state index in [0.717, 1.165) is 36.2 Å². The third-order valence-electron chi connectivity index (χ3n) is 5.57. The predicted octanol–water partition coefficient (Wildman–Crippen LogP) is 6.92. The van der Waals surface area contributed by atoms with Crippen LogP contribution in [0, 0.1) is 0 Å². The monoisotopic (exact) mass is 486 g/mol. The van der Waals surface area contributed by atoms with Crippen LogP contribution >= 0.6 is 23.2 Å². The Morgan fingerprint density at radius 2 is 1.61 bits per heavy atom. The van der Waals surface area contributed by atoms with Crippen LogP contribution in [-0.4, -0.2) is 42.0 Å². The molecule has 0 spiro atoms. The molecule has 7 heteroatoms. The van der Waals surface area contributed by atoms with Crippen molar-refractivity contribution in [1.29, 1.82) is 0 Å². The van der Waals surface area contributed by atoms with Crippen LogP contribution < -0.4 is 10.6 Å². The third kappa shape index (κ3) is 7.32. The van der Waals surface area contributed by atoms with Gasteiger partial charge in [0.05, 0.1) is 16.8 Å². The molecule has 0 fully saturated rings. The first-order valence-corrected chi connectivity index (χ1v) is 12.4. The maximum atomic E-state index is 13.0. The Balaban J connectivity index is 1.72. The average Bonchev–Trinajstić information content (AvgIpc) is 2.80. The van der Waals surface area contributed by atoms with Crippen molar-refractivity contribution < 1.29 is 4.79 Å². The number of aromatic nitrogens is 1. The number of pyridine rings is 1. The van der Waals surface area contributed by atoms with Crippen molar-refractivity contribution in [2.75, 3.05) is 31.5 Å². The highest BCUT2D eigenvalue weighted by atomic mass is 35.5. The zero-order valence-electron chi connectivity index (χ0n) is 19.3. The van der Waals surface area contributed by atoms with Gasteiger partial charge < -0.3 is 15.5 Å². The second-order valence-corrected chi connectivity index (χ2v) is 9.01. The molecule has 1 aromatic heterocycles. The minimum absolute atomic E-state index is 0.124. The van der Waals surface area contributed by atoms with Crippen LogP contribution in [-0.2, 0) is 0 Å². The molecule has 1 heterocycles. The molecule has 0 radical (unpaired) electrons. The third-order valence-corrected chi connectivity index (χ3v) is 6.04. The summed E-state index contributed by atoms with van der Waals surface area (Å²) < 4.78 is 0. The van der Waals surface area contributed by atoms with Crippen LogP contribution in [0.3, 0.4) is 0 Å². The van der Waals surface area contributed by atoms with Crippen molar-refractivity contribution in [3.63, 3.8) is 0 Å². The van der Waals surface area contributed by atoms with Gasteiger partial charge in [-0.05, 0) is 68.4 Å². The van der Waals surface area contributed by atoms with Gasteiger partial charge in [0.1, 0.15) is 0 Å². The molecule has 0 unspecified atom stereocenters. The molecule has 3 rings (SSSR count). The highest BCUT2D eigenvalue weighted by molar-refractivity contribution is 6.31. The Kier molecular flexibility index (Phi) is 9.79. The first-order chi connectivity index (χ1) is 16.0. The van der Waals surface area contributed by atoms with Gasteiger partial charge in [0.15, 0.2) is 0 Å². The number of hydrogen-bond acceptors (Lipinski definition) is 4. The molecule has 0 aliphatic heterocycles. The molecule has 176 valence electrons. The topological polar surface area (TPSA) is 57.3 Å². The lowest BCUT2D eigenvalue weighted by atomic mass is 10.1. The second-order valence-electron chi connectivity index (χ2n) is 8.14. The molecule has 0 bridgehead atoms. The summed E-state index contributed by atoms with van der Waals surface area (Å²) in [6.45, 7) is 7.99. The van der Waals surface area contributed by atoms with Gasteiger partial charge in [0, 0.05) is 40.4 Å². The lowest BCUT2D eigenvalue weighted by molar-refractivity contribution is 0.0949. The number of carbonyl (C=O) groups excluding carboxylic acids is 1. The summed E-state index contributed by atoms with van der Waals surface area (Å²) in [7, 11) is 0. The molecule has 0 aliphatic carbocycles. The maximum Gasteiger partial charge on any atom is 0.253 e. The fourth-order valence-electron chi connectivity index (χ4n) is 3.71. The molecule has 2 N–H and O–H groups in total. The van der Waals surface area contributed by atoms with Gasteiger partial charge in [0.2, 0.25) is 0 Å². The van der Waals surface area contributed by atoms with Crippen molar-refractivity contribution in [2.45, 2.75) is 39.5 Å². The van der Waals surface area contributed by atoms with Gasteiger partial charge in [-0.2, -0.15) is 0 Å². The quantitative estimate of drug-likeness (QED) is 0.291. The molecule has 0 saturated heterocycles. The van der Waals surface area contributed by atoms with Crippen LogP contribution in [0.4, 0.5) is 11.4 Å². The Morgan fingerprint density at radius 1 is 0.909 bits per heavy atom. The van der Waals surface area contributed by atoms with Crippen molar-refractivity contribution in [3.8, 4) is 0 Å². The van der Waals surface area contributed by atoms with Gasteiger partial charge in [-0.25, -0.2) is 0 Å². The number of benzene rings is 2. The summed E-state index contributed by atoms with van der Waals surface area (Å²) in [6, 6.07) is 12.7. The van der Waals surface area contributed by atoms with Gasteiger partial charge in [-0.1, -0.05) is 49.9 Å². The normalized spacial score (nSPS) is 11.2. The molecule has 2 aromatic carbocycles. The number of nitrogens with one attached hydrogen (secondary N) is 2. The van der Waals surface area contributed by atoms with E-state index in [1.807, 2.05) is 24.3 Å². The Hall–Kier alpha value is -2.34. The van der Waals surface area contributed by atoms with E-state index in [1.165, 1.54) is 25.7 Å². The van der Waals surface area contributed by atoms with Gasteiger partial charge in [-0.3, -0.25) is 9.78 Å². The fraction of sp³-hybridized carbons (Fsp3) is 0.385. The molecule has 0 saturated carbocycles. The average molecular weight is 487 g/mol. The van der Waals surface area contributed by atoms with Crippen molar-refractivity contribution in [1.82, 2.24) is 15.2 Å². The van der Waals surface area contributed by atoms with E-state index in [-0.39, 0.29) is 5.91 Å². The largest absolute Gasteiger partial charge is 0.354 e. The number of rotatable bonds is 12. The molecule has 33 heavy (non-hydrogen) atoms. The number of amides is 1. The Morgan fingerprint density at radius 3 is 2.33 bits per heavy atom. The summed E-state index contributed by atoms with van der Waals surface area (Å²) in [5.74, 6) is -0.124. The number of hydrogen-bond donors (Lipinski definition) is 2.